The first kappa shape index (κ1) is 13.6. The van der Waals surface area contributed by atoms with Gasteiger partial charge in [0.2, 0.25) is 0 Å². The molecule has 0 amide bonds. The molecule has 0 saturated carbocycles. The van der Waals surface area contributed by atoms with Crippen molar-refractivity contribution in [3.8, 4) is 5.75 Å². The van der Waals surface area contributed by atoms with Gasteiger partial charge in [-0.3, -0.25) is 0 Å². The fourth-order valence-electron chi connectivity index (χ4n) is 1.95. The van der Waals surface area contributed by atoms with Gasteiger partial charge in [-0.25, -0.2) is 8.42 Å². The summed E-state index contributed by atoms with van der Waals surface area (Å²) in [4.78, 5) is 0.119. The molecule has 0 N–H and O–H groups in total. The average Bonchev–Trinajstić information content (AvgIpc) is 2.77. The maximum absolute atomic E-state index is 11.2. The quantitative estimate of drug-likeness (QED) is 0.800. The zero-order valence-corrected chi connectivity index (χ0v) is 11.6. The summed E-state index contributed by atoms with van der Waals surface area (Å²) in [5.74, 6) is 0.632. The molecule has 0 aliphatic carbocycles. The van der Waals surface area contributed by atoms with Crippen molar-refractivity contribution in [1.82, 2.24) is 0 Å². The van der Waals surface area contributed by atoms with Crippen LogP contribution in [-0.4, -0.2) is 27.7 Å². The van der Waals surface area contributed by atoms with Gasteiger partial charge >= 0.3 is 0 Å². The Morgan fingerprint density at radius 2 is 2.28 bits per heavy atom. The Labute approximate surface area is 111 Å². The van der Waals surface area contributed by atoms with E-state index in [0.29, 0.717) is 17.9 Å². The van der Waals surface area contributed by atoms with Crippen LogP contribution in [0.5, 0.6) is 5.75 Å². The molecular weight excluding hydrogens is 276 g/mol. The van der Waals surface area contributed by atoms with Crippen LogP contribution in [0.1, 0.15) is 18.4 Å². The van der Waals surface area contributed by atoms with Crippen molar-refractivity contribution < 1.29 is 17.9 Å². The normalized spacial score (nSPS) is 20.0. The molecule has 6 heteroatoms. The summed E-state index contributed by atoms with van der Waals surface area (Å²) in [6.45, 7) is 2.97. The molecule has 1 aliphatic heterocycles. The van der Waals surface area contributed by atoms with Gasteiger partial charge in [0.1, 0.15) is 12.4 Å². The Morgan fingerprint density at radius 3 is 2.83 bits per heavy atom. The molecule has 1 unspecified atom stereocenters. The summed E-state index contributed by atoms with van der Waals surface area (Å²) in [6.07, 6.45) is 2.21. The molecule has 1 heterocycles. The fourth-order valence-corrected chi connectivity index (χ4v) is 3.14. The summed E-state index contributed by atoms with van der Waals surface area (Å²) in [5.41, 5.74) is 0.579. The molecule has 1 saturated heterocycles. The number of benzene rings is 1. The molecular formula is C12H15ClO4S. The van der Waals surface area contributed by atoms with E-state index in [0.717, 1.165) is 19.4 Å². The first-order chi connectivity index (χ1) is 8.47. The second-order valence-corrected chi connectivity index (χ2v) is 6.85. The number of aryl methyl sites for hydroxylation is 1. The molecule has 4 nitrogen and oxygen atoms in total. The van der Waals surface area contributed by atoms with Crippen LogP contribution in [-0.2, 0) is 13.8 Å². The molecule has 18 heavy (non-hydrogen) atoms. The molecule has 1 aromatic rings. The second-order valence-electron chi connectivity index (χ2n) is 4.31. The van der Waals surface area contributed by atoms with Crippen LogP contribution in [0.4, 0.5) is 0 Å². The van der Waals surface area contributed by atoms with Gasteiger partial charge in [-0.1, -0.05) is 0 Å². The monoisotopic (exact) mass is 290 g/mol. The maximum atomic E-state index is 11.2. The van der Waals surface area contributed by atoms with E-state index in [1.807, 2.05) is 0 Å². The van der Waals surface area contributed by atoms with E-state index in [4.69, 9.17) is 20.2 Å². The first-order valence-electron chi connectivity index (χ1n) is 5.76. The zero-order chi connectivity index (χ0) is 13.2. The highest BCUT2D eigenvalue weighted by Gasteiger charge is 2.17. The highest BCUT2D eigenvalue weighted by Crippen LogP contribution is 2.24. The molecule has 100 valence electrons. The molecule has 1 aliphatic rings. The predicted molar refractivity (Wildman–Crippen MR) is 68.7 cm³/mol. The molecule has 0 aromatic heterocycles. The van der Waals surface area contributed by atoms with Crippen LogP contribution in [0.25, 0.3) is 0 Å². The van der Waals surface area contributed by atoms with Crippen LogP contribution < -0.4 is 4.74 Å². The lowest BCUT2D eigenvalue weighted by Gasteiger charge is -2.12. The van der Waals surface area contributed by atoms with Crippen LogP contribution in [0.2, 0.25) is 0 Å². The third-order valence-corrected chi connectivity index (χ3v) is 4.35. The van der Waals surface area contributed by atoms with Crippen LogP contribution in [0.15, 0.2) is 23.1 Å². The SMILES string of the molecule is Cc1cc(OCC2CCCO2)ccc1S(=O)(=O)Cl. The van der Waals surface area contributed by atoms with E-state index in [1.54, 1.807) is 19.1 Å². The molecule has 2 rings (SSSR count). The van der Waals surface area contributed by atoms with Gasteiger partial charge < -0.3 is 9.47 Å². The second kappa shape index (κ2) is 5.47. The van der Waals surface area contributed by atoms with Crippen molar-refractivity contribution in [2.24, 2.45) is 0 Å². The van der Waals surface area contributed by atoms with Gasteiger partial charge in [0, 0.05) is 17.3 Å². The molecule has 0 bridgehead atoms. The number of halogens is 1. The Morgan fingerprint density at radius 1 is 1.50 bits per heavy atom. The van der Waals surface area contributed by atoms with Gasteiger partial charge in [-0.05, 0) is 43.5 Å². The molecule has 0 radical (unpaired) electrons. The lowest BCUT2D eigenvalue weighted by Crippen LogP contribution is -2.16. The number of hydrogen-bond donors (Lipinski definition) is 0. The Hall–Kier alpha value is -0.780. The lowest BCUT2D eigenvalue weighted by atomic mass is 10.2. The average molecular weight is 291 g/mol. The molecule has 1 aromatic carbocycles. The summed E-state index contributed by atoms with van der Waals surface area (Å²) >= 11 is 0. The Balaban J connectivity index is 2.04. The summed E-state index contributed by atoms with van der Waals surface area (Å²) < 4.78 is 33.5. The van der Waals surface area contributed by atoms with Gasteiger partial charge in [0.15, 0.2) is 0 Å². The van der Waals surface area contributed by atoms with Gasteiger partial charge in [0.05, 0.1) is 11.0 Å². The van der Waals surface area contributed by atoms with Crippen molar-refractivity contribution in [2.45, 2.75) is 30.8 Å². The maximum Gasteiger partial charge on any atom is 0.261 e. The largest absolute Gasteiger partial charge is 0.491 e. The zero-order valence-electron chi connectivity index (χ0n) is 10.1. The Kier molecular flexibility index (Phi) is 4.14. The number of hydrogen-bond acceptors (Lipinski definition) is 4. The van der Waals surface area contributed by atoms with Crippen molar-refractivity contribution in [3.63, 3.8) is 0 Å². The van der Waals surface area contributed by atoms with Crippen molar-refractivity contribution >= 4 is 19.7 Å². The van der Waals surface area contributed by atoms with E-state index in [1.165, 1.54) is 6.07 Å². The van der Waals surface area contributed by atoms with Gasteiger partial charge in [0.25, 0.3) is 9.05 Å². The van der Waals surface area contributed by atoms with Gasteiger partial charge in [-0.15, -0.1) is 0 Å². The van der Waals surface area contributed by atoms with E-state index < -0.39 is 9.05 Å². The van der Waals surface area contributed by atoms with Gasteiger partial charge in [-0.2, -0.15) is 0 Å². The minimum atomic E-state index is -3.69. The van der Waals surface area contributed by atoms with Crippen molar-refractivity contribution in [3.05, 3.63) is 23.8 Å². The predicted octanol–water partition coefficient (Wildman–Crippen LogP) is 2.48. The highest BCUT2D eigenvalue weighted by molar-refractivity contribution is 8.13. The minimum absolute atomic E-state index is 0.119. The minimum Gasteiger partial charge on any atom is -0.491 e. The van der Waals surface area contributed by atoms with E-state index >= 15 is 0 Å². The molecule has 1 fully saturated rings. The molecule has 1 atom stereocenters. The lowest BCUT2D eigenvalue weighted by molar-refractivity contribution is 0.0679. The number of rotatable bonds is 4. The summed E-state index contributed by atoms with van der Waals surface area (Å²) in [7, 11) is 1.62. The standard InChI is InChI=1S/C12H15ClO4S/c1-9-7-10(4-5-12(9)18(13,14)15)17-8-11-3-2-6-16-11/h4-5,7,11H,2-3,6,8H2,1H3. The highest BCUT2D eigenvalue weighted by atomic mass is 35.7. The van der Waals surface area contributed by atoms with Crippen LogP contribution >= 0.6 is 10.7 Å². The van der Waals surface area contributed by atoms with Crippen LogP contribution in [0.3, 0.4) is 0 Å². The van der Waals surface area contributed by atoms with E-state index in [2.05, 4.69) is 0 Å². The summed E-state index contributed by atoms with van der Waals surface area (Å²) in [6, 6.07) is 4.74. The summed E-state index contributed by atoms with van der Waals surface area (Å²) in [5, 5.41) is 0. The Bertz CT molecular complexity index is 521. The smallest absolute Gasteiger partial charge is 0.261 e. The first-order valence-corrected chi connectivity index (χ1v) is 8.07. The van der Waals surface area contributed by atoms with Crippen molar-refractivity contribution in [2.75, 3.05) is 13.2 Å². The topological polar surface area (TPSA) is 52.6 Å². The van der Waals surface area contributed by atoms with E-state index in [-0.39, 0.29) is 11.0 Å². The van der Waals surface area contributed by atoms with Crippen LogP contribution in [0, 0.1) is 6.92 Å². The third kappa shape index (κ3) is 3.37. The number of ether oxygens (including phenoxy) is 2. The fraction of sp³-hybridized carbons (Fsp3) is 0.500. The molecule has 0 spiro atoms. The third-order valence-electron chi connectivity index (χ3n) is 2.87. The van der Waals surface area contributed by atoms with E-state index in [9.17, 15) is 8.42 Å². The van der Waals surface area contributed by atoms with Crippen molar-refractivity contribution in [1.29, 1.82) is 0 Å².